The lowest BCUT2D eigenvalue weighted by atomic mass is 10.1. The van der Waals surface area contributed by atoms with E-state index < -0.39 is 0 Å². The first-order valence-corrected chi connectivity index (χ1v) is 10.0. The Morgan fingerprint density at radius 1 is 1.33 bits per heavy atom. The van der Waals surface area contributed by atoms with Crippen LogP contribution in [-0.2, 0) is 16.0 Å². The van der Waals surface area contributed by atoms with Crippen LogP contribution in [0.5, 0.6) is 0 Å². The van der Waals surface area contributed by atoms with Crippen LogP contribution in [0.3, 0.4) is 0 Å². The Labute approximate surface area is 161 Å². The maximum Gasteiger partial charge on any atom is 0.152 e. The Balaban J connectivity index is 1.33. The second-order valence-electron chi connectivity index (χ2n) is 7.30. The minimum absolute atomic E-state index is 0.198. The van der Waals surface area contributed by atoms with E-state index in [4.69, 9.17) is 9.72 Å². The number of ketones is 1. The molecule has 0 saturated carbocycles. The van der Waals surface area contributed by atoms with E-state index in [2.05, 4.69) is 14.9 Å². The summed E-state index contributed by atoms with van der Waals surface area (Å²) in [7, 11) is 0. The summed E-state index contributed by atoms with van der Waals surface area (Å²) in [4.78, 5) is 29.3. The lowest BCUT2D eigenvalue weighted by Gasteiger charge is -2.25. The number of hydrogen-bond donors (Lipinski definition) is 0. The summed E-state index contributed by atoms with van der Waals surface area (Å²) in [6.07, 6.45) is 5.38. The average molecular weight is 380 g/mol. The fraction of sp³-hybridized carbons (Fsp3) is 0.400. The highest BCUT2D eigenvalue weighted by atomic mass is 32.1. The molecule has 5 rings (SSSR count). The maximum absolute atomic E-state index is 12.5. The van der Waals surface area contributed by atoms with Crippen LogP contribution in [0.2, 0.25) is 0 Å². The van der Waals surface area contributed by atoms with E-state index in [-0.39, 0.29) is 5.78 Å². The quantitative estimate of drug-likeness (QED) is 0.678. The highest BCUT2D eigenvalue weighted by Gasteiger charge is 2.39. The topological polar surface area (TPSA) is 68.2 Å². The van der Waals surface area contributed by atoms with Crippen LogP contribution in [0.4, 0.5) is 0 Å². The number of carbonyl (C=O) groups excluding carboxylic acids is 1. The van der Waals surface area contributed by atoms with Gasteiger partial charge in [-0.2, -0.15) is 0 Å². The van der Waals surface area contributed by atoms with E-state index in [0.29, 0.717) is 25.1 Å². The maximum atomic E-state index is 12.5. The molecular formula is C20H20N4O2S. The molecule has 0 spiro atoms. The van der Waals surface area contributed by atoms with E-state index in [1.54, 1.807) is 17.5 Å². The minimum atomic E-state index is 0.198. The van der Waals surface area contributed by atoms with Crippen LogP contribution in [-0.4, -0.2) is 57.5 Å². The molecule has 6 nitrogen and oxygen atoms in total. The third-order valence-electron chi connectivity index (χ3n) is 5.28. The Morgan fingerprint density at radius 3 is 3.00 bits per heavy atom. The lowest BCUT2D eigenvalue weighted by Crippen LogP contribution is -2.40. The molecule has 5 heterocycles. The predicted octanol–water partition coefficient (Wildman–Crippen LogP) is 2.65. The van der Waals surface area contributed by atoms with Crippen molar-refractivity contribution in [2.45, 2.75) is 31.9 Å². The summed E-state index contributed by atoms with van der Waals surface area (Å²) < 4.78 is 5.60. The minimum Gasteiger partial charge on any atom is -0.375 e. The highest BCUT2D eigenvalue weighted by molar-refractivity contribution is 7.15. The molecule has 138 valence electrons. The van der Waals surface area contributed by atoms with Crippen LogP contribution >= 0.6 is 11.3 Å². The summed E-state index contributed by atoms with van der Waals surface area (Å²) in [6, 6.07) is 6.36. The zero-order chi connectivity index (χ0) is 18.4. The molecule has 2 aliphatic heterocycles. The van der Waals surface area contributed by atoms with Gasteiger partial charge < -0.3 is 4.74 Å². The molecular weight excluding hydrogens is 360 g/mol. The van der Waals surface area contributed by atoms with E-state index in [0.717, 1.165) is 51.7 Å². The molecule has 27 heavy (non-hydrogen) atoms. The number of fused-ring (bicyclic) bond motifs is 3. The van der Waals surface area contributed by atoms with Gasteiger partial charge >= 0.3 is 0 Å². The number of morpholine rings is 1. The summed E-state index contributed by atoms with van der Waals surface area (Å²) in [5, 5.41) is 2.00. The fourth-order valence-corrected chi connectivity index (χ4v) is 4.68. The number of Topliss-reactive ketones (excluding diaryl/α,β-unsaturated/α-hetero) is 1. The SMILES string of the molecule is Cc1ncc(-c2ccc3cnc(CC(=O)CN4C[C@H]5C[C@@H]4CO5)cc3n2)s1. The van der Waals surface area contributed by atoms with Gasteiger partial charge in [0.15, 0.2) is 5.78 Å². The number of aryl methyl sites for hydroxylation is 1. The van der Waals surface area contributed by atoms with Gasteiger partial charge in [0.05, 0.1) is 46.8 Å². The summed E-state index contributed by atoms with van der Waals surface area (Å²) in [6.45, 7) is 4.11. The van der Waals surface area contributed by atoms with Crippen LogP contribution in [0, 0.1) is 6.92 Å². The first kappa shape index (κ1) is 16.9. The molecule has 3 aromatic heterocycles. The van der Waals surface area contributed by atoms with Crippen molar-refractivity contribution in [2.24, 2.45) is 0 Å². The highest BCUT2D eigenvalue weighted by Crippen LogP contribution is 2.28. The first-order valence-electron chi connectivity index (χ1n) is 9.20. The third-order valence-corrected chi connectivity index (χ3v) is 6.21. The van der Waals surface area contributed by atoms with E-state index in [1.165, 1.54) is 0 Å². The smallest absolute Gasteiger partial charge is 0.152 e. The van der Waals surface area contributed by atoms with Crippen molar-refractivity contribution in [3.63, 3.8) is 0 Å². The van der Waals surface area contributed by atoms with E-state index in [1.807, 2.05) is 31.3 Å². The van der Waals surface area contributed by atoms with Gasteiger partial charge in [-0.1, -0.05) is 0 Å². The van der Waals surface area contributed by atoms with Gasteiger partial charge in [0.1, 0.15) is 0 Å². The van der Waals surface area contributed by atoms with Crippen molar-refractivity contribution in [3.05, 3.63) is 41.3 Å². The Morgan fingerprint density at radius 2 is 2.26 bits per heavy atom. The fourth-order valence-electron chi connectivity index (χ4n) is 3.93. The first-order chi connectivity index (χ1) is 13.1. The third kappa shape index (κ3) is 3.38. The van der Waals surface area contributed by atoms with Crippen LogP contribution in [0.15, 0.2) is 30.6 Å². The van der Waals surface area contributed by atoms with Crippen molar-refractivity contribution in [2.75, 3.05) is 19.7 Å². The number of rotatable bonds is 5. The van der Waals surface area contributed by atoms with Gasteiger partial charge in [0.25, 0.3) is 0 Å². The molecule has 0 aliphatic carbocycles. The van der Waals surface area contributed by atoms with Gasteiger partial charge in [0.2, 0.25) is 0 Å². The molecule has 0 aromatic carbocycles. The second kappa shape index (κ2) is 6.74. The van der Waals surface area contributed by atoms with Gasteiger partial charge in [-0.25, -0.2) is 9.97 Å². The normalized spacial score (nSPS) is 22.0. The van der Waals surface area contributed by atoms with Gasteiger partial charge in [-0.15, -0.1) is 11.3 Å². The van der Waals surface area contributed by atoms with Crippen molar-refractivity contribution >= 4 is 28.0 Å². The van der Waals surface area contributed by atoms with Crippen LogP contribution in [0.25, 0.3) is 21.5 Å². The summed E-state index contributed by atoms with van der Waals surface area (Å²) in [5.74, 6) is 0.198. The zero-order valence-electron chi connectivity index (χ0n) is 15.1. The van der Waals surface area contributed by atoms with Crippen molar-refractivity contribution in [3.8, 4) is 10.6 Å². The molecule has 2 atom stereocenters. The summed E-state index contributed by atoms with van der Waals surface area (Å²) >= 11 is 1.63. The molecule has 0 unspecified atom stereocenters. The van der Waals surface area contributed by atoms with Crippen molar-refractivity contribution in [1.82, 2.24) is 19.9 Å². The van der Waals surface area contributed by atoms with Crippen LogP contribution < -0.4 is 0 Å². The number of pyridine rings is 2. The summed E-state index contributed by atoms with van der Waals surface area (Å²) in [5.41, 5.74) is 2.55. The number of hydrogen-bond acceptors (Lipinski definition) is 7. The Kier molecular flexibility index (Phi) is 4.22. The Bertz CT molecular complexity index is 1020. The van der Waals surface area contributed by atoms with Gasteiger partial charge in [-0.05, 0) is 31.5 Å². The predicted molar refractivity (Wildman–Crippen MR) is 104 cm³/mol. The van der Waals surface area contributed by atoms with E-state index in [9.17, 15) is 4.79 Å². The molecule has 0 radical (unpaired) electrons. The second-order valence-corrected chi connectivity index (χ2v) is 8.53. The van der Waals surface area contributed by atoms with Gasteiger partial charge in [-0.3, -0.25) is 14.7 Å². The largest absolute Gasteiger partial charge is 0.375 e. The number of ether oxygens (including phenoxy) is 1. The average Bonchev–Trinajstić information content (AvgIpc) is 3.38. The number of aromatic nitrogens is 3. The zero-order valence-corrected chi connectivity index (χ0v) is 15.9. The molecule has 0 amide bonds. The molecule has 3 aromatic rings. The van der Waals surface area contributed by atoms with E-state index >= 15 is 0 Å². The van der Waals surface area contributed by atoms with Gasteiger partial charge in [0, 0.05) is 36.1 Å². The monoisotopic (exact) mass is 380 g/mol. The number of thiazole rings is 1. The van der Waals surface area contributed by atoms with Crippen LogP contribution in [0.1, 0.15) is 17.1 Å². The van der Waals surface area contributed by atoms with Crippen molar-refractivity contribution in [1.29, 1.82) is 0 Å². The Hall–Kier alpha value is -2.22. The molecule has 0 N–H and O–H groups in total. The number of nitrogens with zero attached hydrogens (tertiary/aromatic N) is 4. The molecule has 2 saturated heterocycles. The lowest BCUT2D eigenvalue weighted by molar-refractivity contribution is -0.120. The molecule has 7 heteroatoms. The molecule has 2 bridgehead atoms. The van der Waals surface area contributed by atoms with Crippen molar-refractivity contribution < 1.29 is 9.53 Å². The molecule has 2 fully saturated rings. The molecule has 2 aliphatic rings. The number of carbonyl (C=O) groups is 1. The number of likely N-dealkylation sites (tertiary alicyclic amines) is 1. The standard InChI is InChI=1S/C20H20N4O2S/c1-12-21-8-20(27-12)18-3-2-13-7-22-14(5-19(13)23-18)4-16(25)9-24-10-17-6-15(24)11-26-17/h2-3,5,7-8,15,17H,4,6,9-11H2,1H3/t15-,17-/m1/s1.